The zero-order chi connectivity index (χ0) is 19.2. The van der Waals surface area contributed by atoms with E-state index in [1.54, 1.807) is 5.38 Å². The highest BCUT2D eigenvalue weighted by molar-refractivity contribution is 7.09. The van der Waals surface area contributed by atoms with Gasteiger partial charge < -0.3 is 19.7 Å². The van der Waals surface area contributed by atoms with Crippen molar-refractivity contribution in [3.63, 3.8) is 0 Å². The Hall–Kier alpha value is -1.51. The molecule has 150 valence electrons. The third-order valence-electron chi connectivity index (χ3n) is 5.17. The molecule has 3 atom stereocenters. The minimum Gasteiger partial charge on any atom is -0.378 e. The Kier molecular flexibility index (Phi) is 7.20. The summed E-state index contributed by atoms with van der Waals surface area (Å²) in [5.41, 5.74) is 0.457. The lowest BCUT2D eigenvalue weighted by molar-refractivity contribution is -0.143. The van der Waals surface area contributed by atoms with Crippen molar-refractivity contribution < 1.29 is 19.1 Å². The van der Waals surface area contributed by atoms with Gasteiger partial charge in [-0.3, -0.25) is 9.59 Å². The summed E-state index contributed by atoms with van der Waals surface area (Å²) in [7, 11) is 0. The van der Waals surface area contributed by atoms with Gasteiger partial charge in [-0.15, -0.1) is 11.3 Å². The minimum absolute atomic E-state index is 0.0420. The predicted octanol–water partition coefficient (Wildman–Crippen LogP) is 2.00. The number of carbonyl (C=O) groups excluding carboxylic acids is 2. The number of carbonyl (C=O) groups is 2. The van der Waals surface area contributed by atoms with E-state index in [4.69, 9.17) is 9.47 Å². The van der Waals surface area contributed by atoms with E-state index in [1.165, 1.54) is 11.3 Å². The summed E-state index contributed by atoms with van der Waals surface area (Å²) in [5.74, 6) is -0.00432. The van der Waals surface area contributed by atoms with Crippen LogP contribution in [0.1, 0.15) is 48.1 Å². The fourth-order valence-electron chi connectivity index (χ4n) is 3.72. The molecule has 0 bridgehead atoms. The molecule has 2 fully saturated rings. The number of hydrogen-bond donors (Lipinski definition) is 1. The molecule has 0 unspecified atom stereocenters. The standard InChI is InChI=1S/C19H29N3O4S/c1-3-8-26-17-11-14(19(24)22-6-9-25-10-7-22)4-5-15(17)21-18(23)16-12-27-13(2)20-16/h12,14-15,17H,3-11H2,1-2H3,(H,21,23)/t14-,15+,17+/m0/s1. The summed E-state index contributed by atoms with van der Waals surface area (Å²) >= 11 is 1.47. The average molecular weight is 396 g/mol. The molecule has 0 radical (unpaired) electrons. The van der Waals surface area contributed by atoms with E-state index in [9.17, 15) is 9.59 Å². The van der Waals surface area contributed by atoms with Gasteiger partial charge in [0.25, 0.3) is 5.91 Å². The minimum atomic E-state index is -0.160. The number of aryl methyl sites for hydroxylation is 1. The molecule has 2 heterocycles. The lowest BCUT2D eigenvalue weighted by Crippen LogP contribution is -2.51. The van der Waals surface area contributed by atoms with Crippen LogP contribution < -0.4 is 5.32 Å². The Morgan fingerprint density at radius 2 is 2.15 bits per heavy atom. The second kappa shape index (κ2) is 9.61. The van der Waals surface area contributed by atoms with Crippen molar-refractivity contribution in [3.8, 4) is 0 Å². The van der Waals surface area contributed by atoms with E-state index in [0.717, 1.165) is 24.3 Å². The highest BCUT2D eigenvalue weighted by atomic mass is 32.1. The van der Waals surface area contributed by atoms with Crippen LogP contribution in [-0.2, 0) is 14.3 Å². The first-order valence-corrected chi connectivity index (χ1v) is 10.7. The van der Waals surface area contributed by atoms with Gasteiger partial charge in [-0.25, -0.2) is 4.98 Å². The third kappa shape index (κ3) is 5.27. The smallest absolute Gasteiger partial charge is 0.271 e. The predicted molar refractivity (Wildman–Crippen MR) is 103 cm³/mol. The normalized spacial score (nSPS) is 26.0. The molecule has 1 aliphatic carbocycles. The zero-order valence-corrected chi connectivity index (χ0v) is 16.9. The second-order valence-corrected chi connectivity index (χ2v) is 8.25. The van der Waals surface area contributed by atoms with Crippen LogP contribution in [0.4, 0.5) is 0 Å². The molecule has 1 saturated heterocycles. The summed E-state index contributed by atoms with van der Waals surface area (Å²) in [6, 6.07) is -0.0835. The maximum atomic E-state index is 12.8. The molecule has 0 aromatic carbocycles. The van der Waals surface area contributed by atoms with Gasteiger partial charge in [-0.05, 0) is 32.6 Å². The topological polar surface area (TPSA) is 80.8 Å². The highest BCUT2D eigenvalue weighted by Gasteiger charge is 2.37. The monoisotopic (exact) mass is 395 g/mol. The fraction of sp³-hybridized carbons (Fsp3) is 0.737. The summed E-state index contributed by atoms with van der Waals surface area (Å²) in [6.45, 7) is 7.13. The molecule has 2 aliphatic rings. The van der Waals surface area contributed by atoms with Crippen molar-refractivity contribution in [1.29, 1.82) is 0 Å². The van der Waals surface area contributed by atoms with Gasteiger partial charge in [0.1, 0.15) is 5.69 Å². The SMILES string of the molecule is CCCO[C@@H]1C[C@@H](C(=O)N2CCOCC2)CC[C@H]1NC(=O)c1csc(C)n1. The van der Waals surface area contributed by atoms with Crippen molar-refractivity contribution in [1.82, 2.24) is 15.2 Å². The zero-order valence-electron chi connectivity index (χ0n) is 16.1. The Balaban J connectivity index is 1.61. The Morgan fingerprint density at radius 3 is 2.81 bits per heavy atom. The Bertz CT molecular complexity index is 645. The van der Waals surface area contributed by atoms with Gasteiger partial charge in [-0.2, -0.15) is 0 Å². The largest absolute Gasteiger partial charge is 0.378 e. The van der Waals surface area contributed by atoms with Crippen molar-refractivity contribution in [2.24, 2.45) is 5.92 Å². The van der Waals surface area contributed by atoms with Crippen molar-refractivity contribution >= 4 is 23.2 Å². The Labute approximate surface area is 164 Å². The number of hydrogen-bond acceptors (Lipinski definition) is 6. The van der Waals surface area contributed by atoms with E-state index in [1.807, 2.05) is 11.8 Å². The first-order valence-electron chi connectivity index (χ1n) is 9.79. The number of morpholine rings is 1. The molecule has 1 aliphatic heterocycles. The van der Waals surface area contributed by atoms with Crippen LogP contribution >= 0.6 is 11.3 Å². The number of ether oxygens (including phenoxy) is 2. The number of thiazole rings is 1. The van der Waals surface area contributed by atoms with Crippen LogP contribution in [0.15, 0.2) is 5.38 Å². The molecule has 1 aromatic heterocycles. The first kappa shape index (κ1) is 20.2. The molecule has 27 heavy (non-hydrogen) atoms. The molecule has 7 nitrogen and oxygen atoms in total. The van der Waals surface area contributed by atoms with Gasteiger partial charge >= 0.3 is 0 Å². The molecule has 1 saturated carbocycles. The molecular weight excluding hydrogens is 366 g/mol. The van der Waals surface area contributed by atoms with Gasteiger partial charge in [0.2, 0.25) is 5.91 Å². The molecular formula is C19H29N3O4S. The van der Waals surface area contributed by atoms with Crippen LogP contribution in [0.2, 0.25) is 0 Å². The Morgan fingerprint density at radius 1 is 1.37 bits per heavy atom. The van der Waals surface area contributed by atoms with E-state index in [-0.39, 0.29) is 29.9 Å². The fourth-order valence-corrected chi connectivity index (χ4v) is 4.32. The van der Waals surface area contributed by atoms with Crippen LogP contribution in [0.25, 0.3) is 0 Å². The van der Waals surface area contributed by atoms with Gasteiger partial charge in [0.15, 0.2) is 0 Å². The number of amides is 2. The lowest BCUT2D eigenvalue weighted by Gasteiger charge is -2.38. The summed E-state index contributed by atoms with van der Waals surface area (Å²) in [6.07, 6.45) is 2.92. The molecule has 1 aromatic rings. The quantitative estimate of drug-likeness (QED) is 0.797. The number of nitrogens with zero attached hydrogens (tertiary/aromatic N) is 2. The molecule has 2 amide bonds. The number of nitrogens with one attached hydrogen (secondary N) is 1. The number of rotatable bonds is 6. The van der Waals surface area contributed by atoms with E-state index in [2.05, 4.69) is 17.2 Å². The molecule has 3 rings (SSSR count). The molecule has 1 N–H and O–H groups in total. The summed E-state index contributed by atoms with van der Waals surface area (Å²) < 4.78 is 11.4. The van der Waals surface area contributed by atoms with Crippen molar-refractivity contribution in [3.05, 3.63) is 16.1 Å². The van der Waals surface area contributed by atoms with Gasteiger partial charge in [-0.1, -0.05) is 6.92 Å². The van der Waals surface area contributed by atoms with Crippen molar-refractivity contribution in [2.45, 2.75) is 51.7 Å². The van der Waals surface area contributed by atoms with Crippen LogP contribution in [0.3, 0.4) is 0 Å². The molecule has 8 heteroatoms. The molecule has 0 spiro atoms. The van der Waals surface area contributed by atoms with E-state index >= 15 is 0 Å². The lowest BCUT2D eigenvalue weighted by atomic mass is 9.82. The van der Waals surface area contributed by atoms with Crippen LogP contribution in [0, 0.1) is 12.8 Å². The van der Waals surface area contributed by atoms with Gasteiger partial charge in [0, 0.05) is 31.0 Å². The maximum Gasteiger partial charge on any atom is 0.271 e. The van der Waals surface area contributed by atoms with Crippen molar-refractivity contribution in [2.75, 3.05) is 32.9 Å². The van der Waals surface area contributed by atoms with Crippen LogP contribution in [0.5, 0.6) is 0 Å². The highest BCUT2D eigenvalue weighted by Crippen LogP contribution is 2.29. The summed E-state index contributed by atoms with van der Waals surface area (Å²) in [5, 5.41) is 5.73. The number of aromatic nitrogens is 1. The van der Waals surface area contributed by atoms with E-state index < -0.39 is 0 Å². The maximum absolute atomic E-state index is 12.8. The first-order chi connectivity index (χ1) is 13.1. The second-order valence-electron chi connectivity index (χ2n) is 7.19. The van der Waals surface area contributed by atoms with E-state index in [0.29, 0.717) is 45.0 Å². The summed E-state index contributed by atoms with van der Waals surface area (Å²) in [4.78, 5) is 31.5. The third-order valence-corrected chi connectivity index (χ3v) is 5.94. The van der Waals surface area contributed by atoms with Crippen LogP contribution in [-0.4, -0.2) is 66.8 Å². The van der Waals surface area contributed by atoms with Gasteiger partial charge in [0.05, 0.1) is 30.4 Å². The average Bonchev–Trinajstić information content (AvgIpc) is 3.14.